The Morgan fingerprint density at radius 3 is 1.96 bits per heavy atom. The van der Waals surface area contributed by atoms with Crippen LogP contribution in [0.1, 0.15) is 33.6 Å². The van der Waals surface area contributed by atoms with Crippen LogP contribution in [0.4, 0.5) is 0 Å². The Morgan fingerprint density at radius 1 is 0.917 bits per heavy atom. The second-order valence-corrected chi connectivity index (χ2v) is 5.28. The van der Waals surface area contributed by atoms with Crippen molar-refractivity contribution < 1.29 is 42.9 Å². The third kappa shape index (κ3) is 6.15. The Balaban J connectivity index is 2.96. The number of hydrogen-bond donors (Lipinski definition) is 0. The number of ether oxygens (including phenoxy) is 5. The van der Waals surface area contributed by atoms with Crippen LogP contribution in [-0.2, 0) is 42.9 Å². The molecule has 1 rings (SSSR count). The summed E-state index contributed by atoms with van der Waals surface area (Å²) in [6.07, 6.45) is -3.42. The molecule has 1 aliphatic rings. The normalized spacial score (nSPS) is 26.2. The Morgan fingerprint density at radius 2 is 1.46 bits per heavy atom. The molecule has 0 bridgehead atoms. The minimum absolute atomic E-state index is 0.0317. The summed E-state index contributed by atoms with van der Waals surface area (Å²) in [6.45, 7) is 3.53. The van der Waals surface area contributed by atoms with E-state index < -0.39 is 48.3 Å². The zero-order valence-electron chi connectivity index (χ0n) is 14.1. The molecule has 0 aromatic carbocycles. The van der Waals surface area contributed by atoms with Crippen molar-refractivity contribution in [2.24, 2.45) is 0 Å². The third-order valence-corrected chi connectivity index (χ3v) is 3.31. The first kappa shape index (κ1) is 19.9. The molecule has 1 heterocycles. The number of methoxy groups -OCH3 is 1. The topological polar surface area (TPSA) is 114 Å². The number of carbonyl (C=O) groups is 4. The van der Waals surface area contributed by atoms with Gasteiger partial charge in [0.25, 0.3) is 0 Å². The number of hydrogen-bond acceptors (Lipinski definition) is 9. The van der Waals surface area contributed by atoms with Crippen LogP contribution in [-0.4, -0.2) is 62.0 Å². The maximum absolute atomic E-state index is 11.4. The van der Waals surface area contributed by atoms with Crippen LogP contribution in [0.3, 0.4) is 0 Å². The predicted molar refractivity (Wildman–Crippen MR) is 77.7 cm³/mol. The van der Waals surface area contributed by atoms with Gasteiger partial charge >= 0.3 is 23.9 Å². The molecule has 1 saturated heterocycles. The zero-order chi connectivity index (χ0) is 18.3. The second-order valence-electron chi connectivity index (χ2n) is 5.28. The van der Waals surface area contributed by atoms with Crippen molar-refractivity contribution in [2.75, 3.05) is 13.7 Å². The molecule has 0 N–H and O–H groups in total. The largest absolute Gasteiger partial charge is 0.469 e. The lowest BCUT2D eigenvalue weighted by atomic mass is 9.96. The van der Waals surface area contributed by atoms with Crippen LogP contribution in [0.15, 0.2) is 0 Å². The van der Waals surface area contributed by atoms with Crippen LogP contribution in [0, 0.1) is 0 Å². The van der Waals surface area contributed by atoms with Gasteiger partial charge in [-0.05, 0) is 6.42 Å². The average molecular weight is 346 g/mol. The summed E-state index contributed by atoms with van der Waals surface area (Å²) in [4.78, 5) is 45.3. The van der Waals surface area contributed by atoms with Crippen LogP contribution in [0.25, 0.3) is 0 Å². The van der Waals surface area contributed by atoms with E-state index in [0.717, 1.165) is 0 Å². The van der Waals surface area contributed by atoms with Gasteiger partial charge in [0.1, 0.15) is 0 Å². The fraction of sp³-hybridized carbons (Fsp3) is 0.733. The van der Waals surface area contributed by atoms with Crippen molar-refractivity contribution in [1.82, 2.24) is 0 Å². The van der Waals surface area contributed by atoms with Crippen molar-refractivity contribution >= 4 is 23.9 Å². The van der Waals surface area contributed by atoms with Crippen LogP contribution in [0.5, 0.6) is 0 Å². The number of carbonyl (C=O) groups excluding carboxylic acids is 4. The highest BCUT2D eigenvalue weighted by Gasteiger charge is 2.46. The molecule has 0 saturated carbocycles. The van der Waals surface area contributed by atoms with Gasteiger partial charge in [-0.25, -0.2) is 0 Å². The minimum Gasteiger partial charge on any atom is -0.469 e. The van der Waals surface area contributed by atoms with Crippen LogP contribution >= 0.6 is 0 Å². The van der Waals surface area contributed by atoms with Gasteiger partial charge in [-0.3, -0.25) is 19.2 Å². The Labute approximate surface area is 139 Å². The first-order valence-electron chi connectivity index (χ1n) is 7.44. The van der Waals surface area contributed by atoms with Gasteiger partial charge in [0.15, 0.2) is 18.3 Å². The third-order valence-electron chi connectivity index (χ3n) is 3.31. The summed E-state index contributed by atoms with van der Waals surface area (Å²) in [6, 6.07) is 0. The average Bonchev–Trinajstić information content (AvgIpc) is 2.47. The van der Waals surface area contributed by atoms with E-state index in [9.17, 15) is 19.2 Å². The van der Waals surface area contributed by atoms with Gasteiger partial charge < -0.3 is 23.7 Å². The smallest absolute Gasteiger partial charge is 0.305 e. The molecule has 1 fully saturated rings. The lowest BCUT2D eigenvalue weighted by Crippen LogP contribution is -2.57. The Bertz CT molecular complexity index is 487. The molecule has 0 radical (unpaired) electrons. The highest BCUT2D eigenvalue weighted by molar-refractivity contribution is 5.69. The predicted octanol–water partition coefficient (Wildman–Crippen LogP) is 0.134. The Hall–Kier alpha value is -2.16. The fourth-order valence-electron chi connectivity index (χ4n) is 2.42. The standard InChI is InChI=1S/C15H22O9/c1-8(16)22-12-7-21-11(5-6-13(19)20-4)14(23-9(2)17)15(12)24-10(3)18/h11-12,14-15H,5-7H2,1-4H3/t11-,12-,14+,15+/m1/s1. The monoisotopic (exact) mass is 346 g/mol. The molecule has 9 heteroatoms. The fourth-order valence-corrected chi connectivity index (χ4v) is 2.42. The first-order valence-corrected chi connectivity index (χ1v) is 7.44. The summed E-state index contributed by atoms with van der Waals surface area (Å²) < 4.78 is 25.6. The van der Waals surface area contributed by atoms with E-state index in [0.29, 0.717) is 0 Å². The van der Waals surface area contributed by atoms with E-state index in [-0.39, 0.29) is 19.4 Å². The highest BCUT2D eigenvalue weighted by Crippen LogP contribution is 2.27. The van der Waals surface area contributed by atoms with E-state index in [1.807, 2.05) is 0 Å². The summed E-state index contributed by atoms with van der Waals surface area (Å²) >= 11 is 0. The second kappa shape index (κ2) is 9.21. The maximum Gasteiger partial charge on any atom is 0.305 e. The summed E-state index contributed by atoms with van der Waals surface area (Å²) in [5, 5.41) is 0. The lowest BCUT2D eigenvalue weighted by Gasteiger charge is -2.40. The number of rotatable bonds is 6. The van der Waals surface area contributed by atoms with Gasteiger partial charge in [-0.1, -0.05) is 0 Å². The van der Waals surface area contributed by atoms with Crippen molar-refractivity contribution in [3.8, 4) is 0 Å². The van der Waals surface area contributed by atoms with Crippen LogP contribution in [0.2, 0.25) is 0 Å². The van der Waals surface area contributed by atoms with Gasteiger partial charge in [-0.15, -0.1) is 0 Å². The zero-order valence-corrected chi connectivity index (χ0v) is 14.1. The van der Waals surface area contributed by atoms with E-state index in [1.54, 1.807) is 0 Å². The molecule has 4 atom stereocenters. The molecule has 0 aromatic heterocycles. The maximum atomic E-state index is 11.4. The van der Waals surface area contributed by atoms with E-state index in [2.05, 4.69) is 4.74 Å². The molecule has 0 unspecified atom stereocenters. The summed E-state index contributed by atoms with van der Waals surface area (Å²) in [5.41, 5.74) is 0. The van der Waals surface area contributed by atoms with Crippen molar-refractivity contribution in [3.63, 3.8) is 0 Å². The molecule has 0 amide bonds. The Kier molecular flexibility index (Phi) is 7.63. The summed E-state index contributed by atoms with van der Waals surface area (Å²) in [7, 11) is 1.26. The highest BCUT2D eigenvalue weighted by atomic mass is 16.6. The number of esters is 4. The molecule has 9 nitrogen and oxygen atoms in total. The molecule has 1 aliphatic heterocycles. The summed E-state index contributed by atoms with van der Waals surface area (Å²) in [5.74, 6) is -2.28. The lowest BCUT2D eigenvalue weighted by molar-refractivity contribution is -0.226. The van der Waals surface area contributed by atoms with Gasteiger partial charge in [0, 0.05) is 27.2 Å². The first-order chi connectivity index (χ1) is 11.2. The van der Waals surface area contributed by atoms with Gasteiger partial charge in [-0.2, -0.15) is 0 Å². The van der Waals surface area contributed by atoms with Crippen molar-refractivity contribution in [3.05, 3.63) is 0 Å². The molecule has 24 heavy (non-hydrogen) atoms. The van der Waals surface area contributed by atoms with E-state index in [4.69, 9.17) is 18.9 Å². The SMILES string of the molecule is COC(=O)CC[C@H]1OC[C@@H](OC(C)=O)[C@H](OC(C)=O)[C@H]1OC(C)=O. The van der Waals surface area contributed by atoms with E-state index >= 15 is 0 Å². The molecular formula is C15H22O9. The molecule has 0 spiro atoms. The van der Waals surface area contributed by atoms with Gasteiger partial charge in [0.05, 0.1) is 19.8 Å². The molecular weight excluding hydrogens is 324 g/mol. The van der Waals surface area contributed by atoms with Gasteiger partial charge in [0.2, 0.25) is 0 Å². The van der Waals surface area contributed by atoms with Crippen LogP contribution < -0.4 is 0 Å². The van der Waals surface area contributed by atoms with Crippen molar-refractivity contribution in [1.29, 1.82) is 0 Å². The molecule has 0 aliphatic carbocycles. The molecule has 136 valence electrons. The quantitative estimate of drug-likeness (QED) is 0.489. The van der Waals surface area contributed by atoms with Crippen molar-refractivity contribution in [2.45, 2.75) is 58.0 Å². The minimum atomic E-state index is -1.02. The van der Waals surface area contributed by atoms with E-state index in [1.165, 1.54) is 27.9 Å². The molecule has 0 aromatic rings.